The van der Waals surface area contributed by atoms with Gasteiger partial charge in [-0.05, 0) is 39.1 Å². The second-order valence-corrected chi connectivity index (χ2v) is 5.65. The molecule has 0 aliphatic rings. The van der Waals surface area contributed by atoms with Crippen molar-refractivity contribution in [3.8, 4) is 0 Å². The first-order valence-corrected chi connectivity index (χ1v) is 6.49. The van der Waals surface area contributed by atoms with Crippen LogP contribution in [0.5, 0.6) is 0 Å². The first-order chi connectivity index (χ1) is 8.83. The number of carboxylic acid groups (broad SMARTS) is 1. The predicted molar refractivity (Wildman–Crippen MR) is 77.3 cm³/mol. The van der Waals surface area contributed by atoms with Crippen LogP contribution in [0.1, 0.15) is 25.0 Å². The number of nitrogens with one attached hydrogen (secondary N) is 1. The summed E-state index contributed by atoms with van der Waals surface area (Å²) in [6.07, 6.45) is 0.0783. The number of aliphatic carboxylic acids is 1. The van der Waals surface area contributed by atoms with E-state index in [1.165, 1.54) is 0 Å². The van der Waals surface area contributed by atoms with Crippen LogP contribution < -0.4 is 5.32 Å². The molecule has 0 saturated heterocycles. The molecule has 0 heterocycles. The summed E-state index contributed by atoms with van der Waals surface area (Å²) in [4.78, 5) is 13.0. The molecule has 4 nitrogen and oxygen atoms in total. The smallest absolute Gasteiger partial charge is 0.307 e. The van der Waals surface area contributed by atoms with Gasteiger partial charge in [0.25, 0.3) is 0 Å². The van der Waals surface area contributed by atoms with Crippen molar-refractivity contribution in [2.45, 2.75) is 32.4 Å². The van der Waals surface area contributed by atoms with Gasteiger partial charge in [-0.3, -0.25) is 4.79 Å². The number of nitrogens with zero attached hydrogens (tertiary/aromatic N) is 1. The van der Waals surface area contributed by atoms with Crippen molar-refractivity contribution in [1.82, 2.24) is 10.2 Å². The minimum Gasteiger partial charge on any atom is -0.481 e. The molecule has 0 fully saturated rings. The lowest BCUT2D eigenvalue weighted by molar-refractivity contribution is -0.136. The van der Waals surface area contributed by atoms with E-state index in [2.05, 4.69) is 38.2 Å². The number of benzene rings is 1. The highest BCUT2D eigenvalue weighted by Crippen LogP contribution is 2.11. The minimum absolute atomic E-state index is 0.0712. The summed E-state index contributed by atoms with van der Waals surface area (Å²) in [5, 5.41) is 12.3. The Bertz CT molecular complexity index is 428. The van der Waals surface area contributed by atoms with Gasteiger partial charge in [0.05, 0.1) is 6.42 Å². The van der Waals surface area contributed by atoms with Crippen LogP contribution in [0.3, 0.4) is 0 Å². The molecular weight excluding hydrogens is 240 g/mol. The normalized spacial score (nSPS) is 11.8. The third kappa shape index (κ3) is 5.01. The highest BCUT2D eigenvalue weighted by Gasteiger charge is 2.19. The summed E-state index contributed by atoms with van der Waals surface area (Å²) >= 11 is 0. The molecule has 106 valence electrons. The average Bonchev–Trinajstić information content (AvgIpc) is 2.30. The summed E-state index contributed by atoms with van der Waals surface area (Å²) < 4.78 is 0. The van der Waals surface area contributed by atoms with Crippen LogP contribution in [0, 0.1) is 0 Å². The third-order valence-corrected chi connectivity index (χ3v) is 3.54. The van der Waals surface area contributed by atoms with E-state index in [9.17, 15) is 4.79 Å². The molecule has 19 heavy (non-hydrogen) atoms. The van der Waals surface area contributed by atoms with Gasteiger partial charge in [-0.2, -0.15) is 0 Å². The van der Waals surface area contributed by atoms with Crippen molar-refractivity contribution < 1.29 is 9.90 Å². The average molecular weight is 264 g/mol. The van der Waals surface area contributed by atoms with E-state index < -0.39 is 5.97 Å². The lowest BCUT2D eigenvalue weighted by Crippen LogP contribution is -2.46. The number of hydrogen-bond acceptors (Lipinski definition) is 3. The Morgan fingerprint density at radius 2 is 1.84 bits per heavy atom. The SMILES string of the molecule is CN(C)C(C)(C)CNCc1ccccc1CC(=O)O. The quantitative estimate of drug-likeness (QED) is 0.787. The number of carboxylic acids is 1. The van der Waals surface area contributed by atoms with Crippen molar-refractivity contribution in [2.24, 2.45) is 0 Å². The topological polar surface area (TPSA) is 52.6 Å². The summed E-state index contributed by atoms with van der Waals surface area (Å²) in [7, 11) is 4.11. The van der Waals surface area contributed by atoms with E-state index in [-0.39, 0.29) is 12.0 Å². The van der Waals surface area contributed by atoms with Gasteiger partial charge in [0.2, 0.25) is 0 Å². The monoisotopic (exact) mass is 264 g/mol. The molecule has 0 amide bonds. The second kappa shape index (κ2) is 6.68. The molecule has 0 spiro atoms. The maximum atomic E-state index is 10.8. The molecule has 1 aromatic rings. The van der Waals surface area contributed by atoms with E-state index in [0.29, 0.717) is 6.54 Å². The van der Waals surface area contributed by atoms with E-state index in [1.807, 2.05) is 24.3 Å². The van der Waals surface area contributed by atoms with Crippen LogP contribution >= 0.6 is 0 Å². The second-order valence-electron chi connectivity index (χ2n) is 5.65. The van der Waals surface area contributed by atoms with Crippen molar-refractivity contribution >= 4 is 5.97 Å². The fourth-order valence-corrected chi connectivity index (χ4v) is 1.73. The predicted octanol–water partition coefficient (Wildman–Crippen LogP) is 1.74. The molecular formula is C15H24N2O2. The van der Waals surface area contributed by atoms with Gasteiger partial charge in [-0.1, -0.05) is 24.3 Å². The Morgan fingerprint density at radius 1 is 1.26 bits per heavy atom. The van der Waals surface area contributed by atoms with Crippen LogP contribution in [0.15, 0.2) is 24.3 Å². The van der Waals surface area contributed by atoms with Crippen LogP contribution in [0.2, 0.25) is 0 Å². The molecule has 0 aliphatic heterocycles. The molecule has 0 unspecified atom stereocenters. The highest BCUT2D eigenvalue weighted by atomic mass is 16.4. The Balaban J connectivity index is 2.61. The standard InChI is InChI=1S/C15H24N2O2/c1-15(2,17(3)4)11-16-10-13-8-6-5-7-12(13)9-14(18)19/h5-8,16H,9-11H2,1-4H3,(H,18,19). The van der Waals surface area contributed by atoms with Crippen molar-refractivity contribution in [1.29, 1.82) is 0 Å². The zero-order chi connectivity index (χ0) is 14.5. The van der Waals surface area contributed by atoms with Gasteiger partial charge in [-0.15, -0.1) is 0 Å². The van der Waals surface area contributed by atoms with Crippen LogP contribution in [-0.4, -0.2) is 42.2 Å². The Labute approximate surface area is 115 Å². The number of rotatable bonds is 7. The van der Waals surface area contributed by atoms with Gasteiger partial charge in [0.1, 0.15) is 0 Å². The number of hydrogen-bond donors (Lipinski definition) is 2. The molecule has 0 bridgehead atoms. The lowest BCUT2D eigenvalue weighted by Gasteiger charge is -2.32. The molecule has 0 aliphatic carbocycles. The Kier molecular flexibility index (Phi) is 5.51. The lowest BCUT2D eigenvalue weighted by atomic mass is 10.0. The van der Waals surface area contributed by atoms with Gasteiger partial charge in [0.15, 0.2) is 0 Å². The minimum atomic E-state index is -0.791. The third-order valence-electron chi connectivity index (χ3n) is 3.54. The number of likely N-dealkylation sites (N-methyl/N-ethyl adjacent to an activating group) is 1. The Hall–Kier alpha value is -1.39. The van der Waals surface area contributed by atoms with Gasteiger partial charge < -0.3 is 15.3 Å². The van der Waals surface area contributed by atoms with E-state index in [1.54, 1.807) is 0 Å². The zero-order valence-electron chi connectivity index (χ0n) is 12.2. The summed E-state index contributed by atoms with van der Waals surface area (Å²) in [5.74, 6) is -0.791. The molecule has 0 aromatic heterocycles. The molecule has 2 N–H and O–H groups in total. The largest absolute Gasteiger partial charge is 0.481 e. The Morgan fingerprint density at radius 3 is 2.37 bits per heavy atom. The van der Waals surface area contributed by atoms with Crippen molar-refractivity contribution in [2.75, 3.05) is 20.6 Å². The zero-order valence-corrected chi connectivity index (χ0v) is 12.2. The van der Waals surface area contributed by atoms with Gasteiger partial charge >= 0.3 is 5.97 Å². The summed E-state index contributed by atoms with van der Waals surface area (Å²) in [5.41, 5.74) is 2.01. The maximum Gasteiger partial charge on any atom is 0.307 e. The fraction of sp³-hybridized carbons (Fsp3) is 0.533. The molecule has 1 aromatic carbocycles. The summed E-state index contributed by atoms with van der Waals surface area (Å²) in [6, 6.07) is 7.68. The van der Waals surface area contributed by atoms with Crippen molar-refractivity contribution in [3.05, 3.63) is 35.4 Å². The maximum absolute atomic E-state index is 10.8. The highest BCUT2D eigenvalue weighted by molar-refractivity contribution is 5.70. The van der Waals surface area contributed by atoms with Crippen LogP contribution in [0.25, 0.3) is 0 Å². The van der Waals surface area contributed by atoms with Crippen LogP contribution in [-0.2, 0) is 17.8 Å². The molecule has 0 saturated carbocycles. The first-order valence-electron chi connectivity index (χ1n) is 6.49. The molecule has 0 radical (unpaired) electrons. The van der Waals surface area contributed by atoms with Gasteiger partial charge in [-0.25, -0.2) is 0 Å². The number of carbonyl (C=O) groups is 1. The van der Waals surface area contributed by atoms with E-state index in [4.69, 9.17) is 5.11 Å². The van der Waals surface area contributed by atoms with E-state index in [0.717, 1.165) is 17.7 Å². The van der Waals surface area contributed by atoms with E-state index >= 15 is 0 Å². The fourth-order valence-electron chi connectivity index (χ4n) is 1.73. The molecule has 1 rings (SSSR count). The van der Waals surface area contributed by atoms with Crippen molar-refractivity contribution in [3.63, 3.8) is 0 Å². The summed E-state index contributed by atoms with van der Waals surface area (Å²) in [6.45, 7) is 5.88. The van der Waals surface area contributed by atoms with Crippen LogP contribution in [0.4, 0.5) is 0 Å². The molecule has 4 heteroatoms. The van der Waals surface area contributed by atoms with Gasteiger partial charge in [0, 0.05) is 18.6 Å². The first kappa shape index (κ1) is 15.7. The molecule has 0 atom stereocenters.